The lowest BCUT2D eigenvalue weighted by Crippen LogP contribution is -2.11. The third-order valence-electron chi connectivity index (χ3n) is 2.66. The Morgan fingerprint density at radius 3 is 2.52 bits per heavy atom. The molecule has 0 radical (unpaired) electrons. The number of rotatable bonds is 6. The summed E-state index contributed by atoms with van der Waals surface area (Å²) < 4.78 is 15.9. The van der Waals surface area contributed by atoms with Gasteiger partial charge in [0.05, 0.1) is 25.0 Å². The normalized spacial score (nSPS) is 10.2. The van der Waals surface area contributed by atoms with Gasteiger partial charge in [0.25, 0.3) is 5.91 Å². The van der Waals surface area contributed by atoms with E-state index in [9.17, 15) is 4.79 Å². The molecule has 0 bridgehead atoms. The topological polar surface area (TPSA) is 60.7 Å². The molecule has 0 fully saturated rings. The van der Waals surface area contributed by atoms with E-state index < -0.39 is 0 Å². The highest BCUT2D eigenvalue weighted by molar-refractivity contribution is 6.32. The predicted molar refractivity (Wildman–Crippen MR) is 80.5 cm³/mol. The Morgan fingerprint density at radius 1 is 1.19 bits per heavy atom. The van der Waals surface area contributed by atoms with Gasteiger partial charge < -0.3 is 19.2 Å². The van der Waals surface area contributed by atoms with Crippen LogP contribution in [0.1, 0.15) is 24.2 Å². The Balaban J connectivity index is 2.18. The maximum Gasteiger partial charge on any atom is 0.260 e. The SMILES string of the molecule is CCOc1ccc(NC(=O)c2ccoc2Cl)cc1OCC. The van der Waals surface area contributed by atoms with Crippen LogP contribution in [0, 0.1) is 0 Å². The summed E-state index contributed by atoms with van der Waals surface area (Å²) in [6.07, 6.45) is 1.36. The Labute approximate surface area is 127 Å². The maximum absolute atomic E-state index is 12.0. The summed E-state index contributed by atoms with van der Waals surface area (Å²) in [6.45, 7) is 4.82. The summed E-state index contributed by atoms with van der Waals surface area (Å²) in [6, 6.07) is 6.70. The number of benzene rings is 1. The molecule has 0 unspecified atom stereocenters. The van der Waals surface area contributed by atoms with Crippen LogP contribution in [0.5, 0.6) is 11.5 Å². The van der Waals surface area contributed by atoms with Crippen molar-refractivity contribution in [3.05, 3.63) is 41.3 Å². The van der Waals surface area contributed by atoms with Gasteiger partial charge in [0.2, 0.25) is 5.22 Å². The van der Waals surface area contributed by atoms with Crippen LogP contribution in [0.4, 0.5) is 5.69 Å². The number of ether oxygens (including phenoxy) is 2. The van der Waals surface area contributed by atoms with Gasteiger partial charge in [-0.1, -0.05) is 0 Å². The highest BCUT2D eigenvalue weighted by Crippen LogP contribution is 2.31. The number of amides is 1. The minimum atomic E-state index is -0.347. The number of furan rings is 1. The van der Waals surface area contributed by atoms with Gasteiger partial charge in [0, 0.05) is 11.8 Å². The molecule has 1 N–H and O–H groups in total. The lowest BCUT2D eigenvalue weighted by molar-refractivity contribution is 0.102. The Kier molecular flexibility index (Phi) is 5.11. The van der Waals surface area contributed by atoms with Crippen LogP contribution in [-0.2, 0) is 0 Å². The molecule has 0 aliphatic carbocycles. The summed E-state index contributed by atoms with van der Waals surface area (Å²) in [4.78, 5) is 12.0. The van der Waals surface area contributed by atoms with Crippen molar-refractivity contribution in [1.29, 1.82) is 0 Å². The van der Waals surface area contributed by atoms with Gasteiger partial charge in [-0.05, 0) is 43.6 Å². The first kappa shape index (κ1) is 15.3. The number of anilines is 1. The second-order valence-electron chi connectivity index (χ2n) is 4.09. The van der Waals surface area contributed by atoms with Gasteiger partial charge in [-0.3, -0.25) is 4.79 Å². The molecular formula is C15H16ClNO4. The quantitative estimate of drug-likeness (QED) is 0.876. The van der Waals surface area contributed by atoms with Crippen LogP contribution < -0.4 is 14.8 Å². The molecular weight excluding hydrogens is 294 g/mol. The van der Waals surface area contributed by atoms with Crippen molar-refractivity contribution in [3.8, 4) is 11.5 Å². The first-order chi connectivity index (χ1) is 10.2. The van der Waals surface area contributed by atoms with Gasteiger partial charge in [0.1, 0.15) is 0 Å². The molecule has 6 heteroatoms. The molecule has 0 atom stereocenters. The zero-order valence-electron chi connectivity index (χ0n) is 11.8. The van der Waals surface area contributed by atoms with Crippen molar-refractivity contribution >= 4 is 23.2 Å². The lowest BCUT2D eigenvalue weighted by atomic mass is 10.2. The van der Waals surface area contributed by atoms with Crippen molar-refractivity contribution in [1.82, 2.24) is 0 Å². The van der Waals surface area contributed by atoms with Crippen molar-refractivity contribution in [2.75, 3.05) is 18.5 Å². The number of carbonyl (C=O) groups excluding carboxylic acids is 1. The monoisotopic (exact) mass is 309 g/mol. The van der Waals surface area contributed by atoms with Gasteiger partial charge in [-0.2, -0.15) is 0 Å². The first-order valence-corrected chi connectivity index (χ1v) is 6.97. The van der Waals surface area contributed by atoms with E-state index in [2.05, 4.69) is 5.32 Å². The summed E-state index contributed by atoms with van der Waals surface area (Å²) in [5.41, 5.74) is 0.868. The van der Waals surface area contributed by atoms with Crippen LogP contribution in [-0.4, -0.2) is 19.1 Å². The number of carbonyl (C=O) groups is 1. The Morgan fingerprint density at radius 2 is 1.90 bits per heavy atom. The average molecular weight is 310 g/mol. The van der Waals surface area contributed by atoms with Gasteiger partial charge in [-0.25, -0.2) is 0 Å². The third kappa shape index (κ3) is 3.70. The van der Waals surface area contributed by atoms with E-state index in [1.807, 2.05) is 13.8 Å². The predicted octanol–water partition coefficient (Wildman–Crippen LogP) is 3.98. The standard InChI is InChI=1S/C15H16ClNO4/c1-3-19-12-6-5-10(9-13(12)20-4-2)17-15(18)11-7-8-21-14(11)16/h5-9H,3-4H2,1-2H3,(H,17,18). The van der Waals surface area contributed by atoms with E-state index in [0.29, 0.717) is 30.4 Å². The Bertz CT molecular complexity index is 624. The molecule has 1 heterocycles. The number of halogens is 1. The van der Waals surface area contributed by atoms with Crippen molar-refractivity contribution in [2.45, 2.75) is 13.8 Å². The molecule has 1 amide bonds. The van der Waals surface area contributed by atoms with Crippen LogP contribution in [0.15, 0.2) is 34.9 Å². The zero-order valence-corrected chi connectivity index (χ0v) is 12.6. The molecule has 112 valence electrons. The van der Waals surface area contributed by atoms with Crippen molar-refractivity contribution in [2.24, 2.45) is 0 Å². The molecule has 0 aliphatic heterocycles. The molecule has 0 saturated heterocycles. The van der Waals surface area contributed by atoms with Crippen LogP contribution in [0.2, 0.25) is 5.22 Å². The zero-order chi connectivity index (χ0) is 15.2. The van der Waals surface area contributed by atoms with Crippen molar-refractivity contribution < 1.29 is 18.7 Å². The summed E-state index contributed by atoms with van der Waals surface area (Å²) in [5, 5.41) is 2.79. The minimum absolute atomic E-state index is 0.0588. The third-order valence-corrected chi connectivity index (χ3v) is 2.96. The van der Waals surface area contributed by atoms with Gasteiger partial charge >= 0.3 is 0 Å². The average Bonchev–Trinajstić information content (AvgIpc) is 2.88. The number of nitrogens with one attached hydrogen (secondary N) is 1. The minimum Gasteiger partial charge on any atom is -0.490 e. The first-order valence-electron chi connectivity index (χ1n) is 6.59. The van der Waals surface area contributed by atoms with Crippen LogP contribution in [0.25, 0.3) is 0 Å². The van der Waals surface area contributed by atoms with Gasteiger partial charge in [0.15, 0.2) is 11.5 Å². The molecule has 0 spiro atoms. The van der Waals surface area contributed by atoms with E-state index in [0.717, 1.165) is 0 Å². The molecule has 21 heavy (non-hydrogen) atoms. The Hall–Kier alpha value is -2.14. The molecule has 2 rings (SSSR count). The molecule has 0 aliphatic rings. The second-order valence-corrected chi connectivity index (χ2v) is 4.43. The van der Waals surface area contributed by atoms with Crippen molar-refractivity contribution in [3.63, 3.8) is 0 Å². The number of hydrogen-bond acceptors (Lipinski definition) is 4. The summed E-state index contributed by atoms with van der Waals surface area (Å²) >= 11 is 5.78. The second kappa shape index (κ2) is 7.04. The largest absolute Gasteiger partial charge is 0.490 e. The fourth-order valence-electron chi connectivity index (χ4n) is 1.78. The van der Waals surface area contributed by atoms with E-state index in [1.54, 1.807) is 18.2 Å². The molecule has 2 aromatic rings. The molecule has 0 saturated carbocycles. The fraction of sp³-hybridized carbons (Fsp3) is 0.267. The fourth-order valence-corrected chi connectivity index (χ4v) is 1.98. The molecule has 5 nitrogen and oxygen atoms in total. The highest BCUT2D eigenvalue weighted by atomic mass is 35.5. The van der Waals surface area contributed by atoms with E-state index in [1.165, 1.54) is 12.3 Å². The lowest BCUT2D eigenvalue weighted by Gasteiger charge is -2.12. The molecule has 1 aromatic heterocycles. The van der Waals surface area contributed by atoms with Crippen LogP contribution in [0.3, 0.4) is 0 Å². The highest BCUT2D eigenvalue weighted by Gasteiger charge is 2.14. The molecule has 1 aromatic carbocycles. The maximum atomic E-state index is 12.0. The van der Waals surface area contributed by atoms with Crippen LogP contribution >= 0.6 is 11.6 Å². The van der Waals surface area contributed by atoms with E-state index in [4.69, 9.17) is 25.5 Å². The number of hydrogen-bond donors (Lipinski definition) is 1. The summed E-state index contributed by atoms with van der Waals surface area (Å²) in [5.74, 6) is 0.870. The summed E-state index contributed by atoms with van der Waals surface area (Å²) in [7, 11) is 0. The van der Waals surface area contributed by atoms with E-state index in [-0.39, 0.29) is 16.7 Å². The van der Waals surface area contributed by atoms with Gasteiger partial charge in [-0.15, -0.1) is 0 Å². The smallest absolute Gasteiger partial charge is 0.260 e. The van der Waals surface area contributed by atoms with E-state index >= 15 is 0 Å².